The van der Waals surface area contributed by atoms with E-state index in [9.17, 15) is 9.18 Å². The molecule has 0 atom stereocenters. The monoisotopic (exact) mass is 503 g/mol. The molecule has 3 heterocycles. The van der Waals surface area contributed by atoms with Gasteiger partial charge in [0.25, 0.3) is 0 Å². The number of hydrogen-bond donors (Lipinski definition) is 0. The van der Waals surface area contributed by atoms with Crippen LogP contribution in [0.2, 0.25) is 0 Å². The number of hydrogen-bond acceptors (Lipinski definition) is 6. The molecule has 1 amide bonds. The molecule has 0 spiro atoms. The third-order valence-electron chi connectivity index (χ3n) is 6.87. The van der Waals surface area contributed by atoms with E-state index in [1.807, 2.05) is 24.9 Å². The van der Waals surface area contributed by atoms with Crippen molar-refractivity contribution in [3.8, 4) is 17.3 Å². The zero-order valence-corrected chi connectivity index (χ0v) is 21.0. The molecule has 7 nitrogen and oxygen atoms in total. The molecule has 1 fully saturated rings. The van der Waals surface area contributed by atoms with Crippen molar-refractivity contribution in [1.82, 2.24) is 19.9 Å². The van der Waals surface area contributed by atoms with Crippen LogP contribution >= 0.6 is 0 Å². The number of likely N-dealkylation sites (tertiary alicyclic amines) is 1. The summed E-state index contributed by atoms with van der Waals surface area (Å²) in [6.45, 7) is 7.22. The van der Waals surface area contributed by atoms with Crippen LogP contribution in [0, 0.1) is 17.6 Å². The molecule has 0 N–H and O–H groups in total. The number of amides is 1. The molecule has 37 heavy (non-hydrogen) atoms. The minimum Gasteiger partial charge on any atom is -0.467 e. The zero-order chi connectivity index (χ0) is 26.3. The lowest BCUT2D eigenvalue weighted by Crippen LogP contribution is -2.53. The lowest BCUT2D eigenvalue weighted by Gasteiger charge is -2.40. The van der Waals surface area contributed by atoms with Crippen LogP contribution in [-0.2, 0) is 11.2 Å². The Kier molecular flexibility index (Phi) is 6.45. The summed E-state index contributed by atoms with van der Waals surface area (Å²) in [4.78, 5) is 28.6. The van der Waals surface area contributed by atoms with E-state index >= 15 is 4.39 Å². The maximum Gasteiger partial charge on any atom is 0.318 e. The number of methoxy groups -OCH3 is 1. The van der Waals surface area contributed by atoms with Gasteiger partial charge in [-0.05, 0) is 34.9 Å². The third-order valence-corrected chi connectivity index (χ3v) is 6.87. The highest BCUT2D eigenvalue weighted by atomic mass is 19.1. The highest BCUT2D eigenvalue weighted by Crippen LogP contribution is 2.36. The van der Waals surface area contributed by atoms with E-state index in [0.29, 0.717) is 53.8 Å². The predicted molar refractivity (Wildman–Crippen MR) is 140 cm³/mol. The first-order chi connectivity index (χ1) is 17.9. The number of carbonyl (C=O) groups excluding carboxylic acids is 1. The fourth-order valence-electron chi connectivity index (χ4n) is 5.03. The number of nitrogens with zero attached hydrogens (tertiary/aromatic N) is 5. The van der Waals surface area contributed by atoms with E-state index in [-0.39, 0.29) is 34.9 Å². The lowest BCUT2D eigenvalue weighted by molar-refractivity contribution is -0.131. The van der Waals surface area contributed by atoms with E-state index in [1.54, 1.807) is 29.3 Å². The molecule has 1 saturated heterocycles. The summed E-state index contributed by atoms with van der Waals surface area (Å²) in [5.41, 5.74) is 1.18. The standard InChI is InChI=1S/C28H27F2N5O2/c1-5-18-21(29)11-10-17-8-7-9-19(23(17)18)25-24(30)26-20(12-31-25)27(33-28(32-26)37-4)34(3)13-16-14-35(15-16)22(36)6-2/h6-12,16H,2,5,13-15H2,1,3-4H3. The Balaban J connectivity index is 1.59. The highest BCUT2D eigenvalue weighted by Gasteiger charge is 2.31. The molecule has 9 heteroatoms. The van der Waals surface area contributed by atoms with Gasteiger partial charge < -0.3 is 14.5 Å². The second-order valence-corrected chi connectivity index (χ2v) is 9.19. The molecule has 0 saturated carbocycles. The number of rotatable bonds is 7. The van der Waals surface area contributed by atoms with Crippen molar-refractivity contribution < 1.29 is 18.3 Å². The molecule has 5 rings (SSSR count). The predicted octanol–water partition coefficient (Wildman–Crippen LogP) is 4.77. The zero-order valence-electron chi connectivity index (χ0n) is 21.0. The Hall–Kier alpha value is -4.14. The summed E-state index contributed by atoms with van der Waals surface area (Å²) in [6.07, 6.45) is 3.32. The van der Waals surface area contributed by atoms with Crippen LogP contribution in [-0.4, -0.2) is 59.6 Å². The Labute approximate surface area is 213 Å². The number of carbonyl (C=O) groups is 1. The summed E-state index contributed by atoms with van der Waals surface area (Å²) in [5, 5.41) is 1.88. The minimum atomic E-state index is -0.627. The SMILES string of the molecule is C=CC(=O)N1CC(CN(C)c2nc(OC)nc3c(F)c(-c4cccc5ccc(F)c(CC)c45)ncc23)C1. The summed E-state index contributed by atoms with van der Waals surface area (Å²) >= 11 is 0. The second-order valence-electron chi connectivity index (χ2n) is 9.19. The topological polar surface area (TPSA) is 71.5 Å². The molecule has 0 unspecified atom stereocenters. The van der Waals surface area contributed by atoms with Gasteiger partial charge in [0.1, 0.15) is 22.8 Å². The average Bonchev–Trinajstić information content (AvgIpc) is 2.89. The quantitative estimate of drug-likeness (QED) is 0.338. The van der Waals surface area contributed by atoms with Crippen molar-refractivity contribution in [3.63, 3.8) is 0 Å². The van der Waals surface area contributed by atoms with Crippen LogP contribution in [0.4, 0.5) is 14.6 Å². The number of ether oxygens (including phenoxy) is 1. The van der Waals surface area contributed by atoms with E-state index in [4.69, 9.17) is 4.74 Å². The van der Waals surface area contributed by atoms with Gasteiger partial charge in [0.15, 0.2) is 5.82 Å². The Morgan fingerprint density at radius 1 is 1.24 bits per heavy atom. The molecular weight excluding hydrogens is 476 g/mol. The van der Waals surface area contributed by atoms with Gasteiger partial charge in [-0.3, -0.25) is 9.78 Å². The Morgan fingerprint density at radius 3 is 2.73 bits per heavy atom. The first-order valence-electron chi connectivity index (χ1n) is 12.1. The van der Waals surface area contributed by atoms with Gasteiger partial charge in [-0.15, -0.1) is 0 Å². The van der Waals surface area contributed by atoms with Gasteiger partial charge in [0, 0.05) is 44.4 Å². The fraction of sp³-hybridized carbons (Fsp3) is 0.286. The number of benzene rings is 2. The van der Waals surface area contributed by atoms with Gasteiger partial charge in [-0.1, -0.05) is 37.8 Å². The van der Waals surface area contributed by atoms with Crippen molar-refractivity contribution in [2.24, 2.45) is 5.92 Å². The van der Waals surface area contributed by atoms with Crippen LogP contribution in [0.15, 0.2) is 49.2 Å². The van der Waals surface area contributed by atoms with Gasteiger partial charge in [-0.25, -0.2) is 8.78 Å². The lowest BCUT2D eigenvalue weighted by atomic mass is 9.95. The maximum atomic E-state index is 16.1. The van der Waals surface area contributed by atoms with Crippen molar-refractivity contribution >= 4 is 33.4 Å². The smallest absolute Gasteiger partial charge is 0.318 e. The van der Waals surface area contributed by atoms with E-state index in [2.05, 4.69) is 21.5 Å². The molecule has 1 aliphatic rings. The fourth-order valence-corrected chi connectivity index (χ4v) is 5.03. The maximum absolute atomic E-state index is 16.1. The molecule has 4 aromatic rings. The van der Waals surface area contributed by atoms with Crippen molar-refractivity contribution in [2.45, 2.75) is 13.3 Å². The van der Waals surface area contributed by atoms with Crippen LogP contribution < -0.4 is 9.64 Å². The number of aromatic nitrogens is 3. The number of fused-ring (bicyclic) bond motifs is 2. The van der Waals surface area contributed by atoms with Crippen LogP contribution in [0.1, 0.15) is 12.5 Å². The summed E-state index contributed by atoms with van der Waals surface area (Å²) in [5.74, 6) is -0.336. The molecule has 1 aliphatic heterocycles. The molecular formula is C28H27F2N5O2. The Morgan fingerprint density at radius 2 is 2.03 bits per heavy atom. The molecule has 2 aromatic heterocycles. The van der Waals surface area contributed by atoms with Gasteiger partial charge in [0.2, 0.25) is 5.91 Å². The molecule has 190 valence electrons. The number of halogens is 2. The minimum absolute atomic E-state index is 0.0284. The highest BCUT2D eigenvalue weighted by molar-refractivity contribution is 6.00. The number of pyridine rings is 1. The number of aryl methyl sites for hydroxylation is 1. The largest absolute Gasteiger partial charge is 0.467 e. The normalized spacial score (nSPS) is 13.6. The van der Waals surface area contributed by atoms with Crippen LogP contribution in [0.25, 0.3) is 32.9 Å². The van der Waals surface area contributed by atoms with Crippen LogP contribution in [0.3, 0.4) is 0 Å². The first kappa shape index (κ1) is 24.5. The van der Waals surface area contributed by atoms with Gasteiger partial charge in [-0.2, -0.15) is 9.97 Å². The molecule has 0 aliphatic carbocycles. The van der Waals surface area contributed by atoms with Crippen molar-refractivity contribution in [3.05, 3.63) is 66.4 Å². The molecule has 0 bridgehead atoms. The van der Waals surface area contributed by atoms with E-state index < -0.39 is 5.82 Å². The molecule has 0 radical (unpaired) electrons. The van der Waals surface area contributed by atoms with E-state index in [0.717, 1.165) is 5.39 Å². The van der Waals surface area contributed by atoms with Crippen molar-refractivity contribution in [1.29, 1.82) is 0 Å². The van der Waals surface area contributed by atoms with Gasteiger partial charge in [0.05, 0.1) is 12.5 Å². The van der Waals surface area contributed by atoms with Crippen molar-refractivity contribution in [2.75, 3.05) is 38.7 Å². The summed E-state index contributed by atoms with van der Waals surface area (Å²) in [7, 11) is 3.28. The average molecular weight is 504 g/mol. The summed E-state index contributed by atoms with van der Waals surface area (Å²) in [6, 6.07) is 8.58. The third kappa shape index (κ3) is 4.24. The number of anilines is 1. The van der Waals surface area contributed by atoms with E-state index in [1.165, 1.54) is 19.3 Å². The molecule has 2 aromatic carbocycles. The Bertz CT molecular complexity index is 1530. The summed E-state index contributed by atoms with van der Waals surface area (Å²) < 4.78 is 36.1. The van der Waals surface area contributed by atoms with Gasteiger partial charge >= 0.3 is 6.01 Å². The second kappa shape index (κ2) is 9.72. The first-order valence-corrected chi connectivity index (χ1v) is 12.1. The van der Waals surface area contributed by atoms with Crippen LogP contribution in [0.5, 0.6) is 6.01 Å².